The summed E-state index contributed by atoms with van der Waals surface area (Å²) < 4.78 is 1.13. The first-order valence-electron chi connectivity index (χ1n) is 3.79. The van der Waals surface area contributed by atoms with E-state index in [4.69, 9.17) is 0 Å². The van der Waals surface area contributed by atoms with Gasteiger partial charge in [-0.25, -0.2) is 0 Å². The highest BCUT2D eigenvalue weighted by Crippen LogP contribution is 2.28. The second-order valence-electron chi connectivity index (χ2n) is 2.74. The van der Waals surface area contributed by atoms with Crippen LogP contribution in [0.15, 0.2) is 24.5 Å². The van der Waals surface area contributed by atoms with E-state index < -0.39 is 0 Å². The molecule has 0 saturated heterocycles. The van der Waals surface area contributed by atoms with Gasteiger partial charge in [0, 0.05) is 17.3 Å². The van der Waals surface area contributed by atoms with Crippen molar-refractivity contribution >= 4 is 21.4 Å². The standard InChI is InChI=1S/C9H9NOS/c1-6(11)8-4-7-2-3-10-5-9(7)12-8/h2-6,11H,1H3. The van der Waals surface area contributed by atoms with E-state index in [1.165, 1.54) is 0 Å². The predicted molar refractivity (Wildman–Crippen MR) is 50.3 cm³/mol. The SMILES string of the molecule is CC(O)c1cc2ccncc2s1. The Kier molecular flexibility index (Phi) is 1.83. The third kappa shape index (κ3) is 1.21. The fourth-order valence-electron chi connectivity index (χ4n) is 1.11. The molecule has 3 heteroatoms. The van der Waals surface area contributed by atoms with Gasteiger partial charge in [-0.15, -0.1) is 11.3 Å². The smallest absolute Gasteiger partial charge is 0.0854 e. The molecule has 1 unspecified atom stereocenters. The minimum atomic E-state index is -0.373. The minimum absolute atomic E-state index is 0.373. The van der Waals surface area contributed by atoms with Crippen LogP contribution in [0.1, 0.15) is 17.9 Å². The van der Waals surface area contributed by atoms with Crippen LogP contribution in [0.3, 0.4) is 0 Å². The van der Waals surface area contributed by atoms with Gasteiger partial charge in [-0.2, -0.15) is 0 Å². The summed E-state index contributed by atoms with van der Waals surface area (Å²) in [6.45, 7) is 1.78. The fourth-order valence-corrected chi connectivity index (χ4v) is 2.08. The van der Waals surface area contributed by atoms with Crippen molar-refractivity contribution in [1.29, 1.82) is 0 Å². The zero-order valence-electron chi connectivity index (χ0n) is 6.69. The highest BCUT2D eigenvalue weighted by molar-refractivity contribution is 7.19. The molecule has 0 aliphatic heterocycles. The van der Waals surface area contributed by atoms with E-state index in [-0.39, 0.29) is 6.10 Å². The third-order valence-corrected chi connectivity index (χ3v) is 3.01. The van der Waals surface area contributed by atoms with Gasteiger partial charge in [0.05, 0.1) is 10.8 Å². The molecule has 0 amide bonds. The molecule has 0 radical (unpaired) electrons. The lowest BCUT2D eigenvalue weighted by molar-refractivity contribution is 0.203. The number of hydrogen-bond acceptors (Lipinski definition) is 3. The van der Waals surface area contributed by atoms with Gasteiger partial charge in [0.15, 0.2) is 0 Å². The first-order chi connectivity index (χ1) is 5.77. The van der Waals surface area contributed by atoms with Crippen molar-refractivity contribution in [3.63, 3.8) is 0 Å². The highest BCUT2D eigenvalue weighted by Gasteiger charge is 2.05. The number of fused-ring (bicyclic) bond motifs is 1. The molecule has 12 heavy (non-hydrogen) atoms. The average molecular weight is 179 g/mol. The molecule has 0 bridgehead atoms. The van der Waals surface area contributed by atoms with Gasteiger partial charge in [0.1, 0.15) is 0 Å². The van der Waals surface area contributed by atoms with Crippen LogP contribution in [0, 0.1) is 0 Å². The van der Waals surface area contributed by atoms with Gasteiger partial charge in [-0.1, -0.05) is 0 Å². The van der Waals surface area contributed by atoms with Crippen molar-refractivity contribution in [3.8, 4) is 0 Å². The molecule has 0 spiro atoms. The molecule has 2 rings (SSSR count). The largest absolute Gasteiger partial charge is 0.388 e. The number of rotatable bonds is 1. The fraction of sp³-hybridized carbons (Fsp3) is 0.222. The monoisotopic (exact) mass is 179 g/mol. The Morgan fingerprint density at radius 2 is 2.42 bits per heavy atom. The zero-order valence-corrected chi connectivity index (χ0v) is 7.51. The predicted octanol–water partition coefficient (Wildman–Crippen LogP) is 2.35. The van der Waals surface area contributed by atoms with Crippen molar-refractivity contribution < 1.29 is 5.11 Å². The summed E-state index contributed by atoms with van der Waals surface area (Å²) in [7, 11) is 0. The molecule has 1 N–H and O–H groups in total. The second-order valence-corrected chi connectivity index (χ2v) is 3.85. The molecule has 2 aromatic rings. The molecule has 1 atom stereocenters. The van der Waals surface area contributed by atoms with E-state index in [2.05, 4.69) is 4.98 Å². The van der Waals surface area contributed by atoms with Crippen LogP contribution in [0.25, 0.3) is 10.1 Å². The van der Waals surface area contributed by atoms with E-state index in [9.17, 15) is 5.11 Å². The summed E-state index contributed by atoms with van der Waals surface area (Å²) in [5.41, 5.74) is 0. The van der Waals surface area contributed by atoms with Crippen molar-refractivity contribution in [2.24, 2.45) is 0 Å². The second kappa shape index (κ2) is 2.84. The number of aromatic nitrogens is 1. The molecule has 2 aromatic heterocycles. The number of aliphatic hydroxyl groups is 1. The quantitative estimate of drug-likeness (QED) is 0.729. The van der Waals surface area contributed by atoms with Crippen molar-refractivity contribution in [2.75, 3.05) is 0 Å². The number of nitrogens with zero attached hydrogens (tertiary/aromatic N) is 1. The molecule has 0 saturated carbocycles. The molecule has 2 heterocycles. The number of hydrogen-bond donors (Lipinski definition) is 1. The van der Waals surface area contributed by atoms with Crippen LogP contribution in [-0.2, 0) is 0 Å². The maximum Gasteiger partial charge on any atom is 0.0854 e. The van der Waals surface area contributed by atoms with E-state index >= 15 is 0 Å². The topological polar surface area (TPSA) is 33.1 Å². The number of aliphatic hydroxyl groups excluding tert-OH is 1. The minimum Gasteiger partial charge on any atom is -0.388 e. The summed E-state index contributed by atoms with van der Waals surface area (Å²) in [6, 6.07) is 3.96. The Hall–Kier alpha value is -0.930. The summed E-state index contributed by atoms with van der Waals surface area (Å²) in [6.07, 6.45) is 3.22. The summed E-state index contributed by atoms with van der Waals surface area (Å²) in [5, 5.41) is 10.5. The Morgan fingerprint density at radius 3 is 3.08 bits per heavy atom. The first-order valence-corrected chi connectivity index (χ1v) is 4.60. The van der Waals surface area contributed by atoms with Crippen LogP contribution in [0.5, 0.6) is 0 Å². The van der Waals surface area contributed by atoms with Crippen molar-refractivity contribution in [3.05, 3.63) is 29.4 Å². The normalized spacial score (nSPS) is 13.5. The van der Waals surface area contributed by atoms with E-state index in [1.54, 1.807) is 24.5 Å². The molecular formula is C9H9NOS. The van der Waals surface area contributed by atoms with E-state index in [1.807, 2.05) is 18.3 Å². The van der Waals surface area contributed by atoms with Crippen LogP contribution < -0.4 is 0 Å². The Balaban J connectivity index is 2.62. The average Bonchev–Trinajstić information content (AvgIpc) is 2.46. The lowest BCUT2D eigenvalue weighted by atomic mass is 10.2. The van der Waals surface area contributed by atoms with Crippen LogP contribution in [0.4, 0.5) is 0 Å². The van der Waals surface area contributed by atoms with E-state index in [0.717, 1.165) is 15.0 Å². The summed E-state index contributed by atoms with van der Waals surface area (Å²) in [5.74, 6) is 0. The molecule has 0 aliphatic rings. The van der Waals surface area contributed by atoms with Gasteiger partial charge >= 0.3 is 0 Å². The Morgan fingerprint density at radius 1 is 1.58 bits per heavy atom. The van der Waals surface area contributed by atoms with Gasteiger partial charge in [-0.05, 0) is 24.4 Å². The van der Waals surface area contributed by atoms with Gasteiger partial charge < -0.3 is 5.11 Å². The lowest BCUT2D eigenvalue weighted by Crippen LogP contribution is -1.83. The highest BCUT2D eigenvalue weighted by atomic mass is 32.1. The molecular weight excluding hydrogens is 170 g/mol. The number of pyridine rings is 1. The summed E-state index contributed by atoms with van der Waals surface area (Å²) >= 11 is 1.59. The van der Waals surface area contributed by atoms with Gasteiger partial charge in [0.2, 0.25) is 0 Å². The van der Waals surface area contributed by atoms with Gasteiger partial charge in [0.25, 0.3) is 0 Å². The Labute approximate surface area is 74.5 Å². The van der Waals surface area contributed by atoms with E-state index in [0.29, 0.717) is 0 Å². The van der Waals surface area contributed by atoms with Crippen molar-refractivity contribution in [2.45, 2.75) is 13.0 Å². The van der Waals surface area contributed by atoms with Crippen LogP contribution in [0.2, 0.25) is 0 Å². The molecule has 62 valence electrons. The molecule has 0 aromatic carbocycles. The van der Waals surface area contributed by atoms with Gasteiger partial charge in [-0.3, -0.25) is 4.98 Å². The molecule has 0 aliphatic carbocycles. The maximum atomic E-state index is 9.31. The Bertz CT molecular complexity index is 361. The third-order valence-electron chi connectivity index (χ3n) is 1.75. The zero-order chi connectivity index (χ0) is 8.55. The first kappa shape index (κ1) is 7.71. The van der Waals surface area contributed by atoms with Crippen molar-refractivity contribution in [1.82, 2.24) is 4.98 Å². The molecule has 2 nitrogen and oxygen atoms in total. The summed E-state index contributed by atoms with van der Waals surface area (Å²) in [4.78, 5) is 5.01. The molecule has 0 fully saturated rings. The maximum absolute atomic E-state index is 9.31. The lowest BCUT2D eigenvalue weighted by Gasteiger charge is -1.95. The number of thiophene rings is 1. The van der Waals surface area contributed by atoms with Crippen LogP contribution in [-0.4, -0.2) is 10.1 Å². The van der Waals surface area contributed by atoms with Crippen LogP contribution >= 0.6 is 11.3 Å².